The molecule has 0 aliphatic heterocycles. The number of imidazole rings is 1. The van der Waals surface area contributed by atoms with Crippen LogP contribution in [0.3, 0.4) is 0 Å². The highest BCUT2D eigenvalue weighted by atomic mass is 16.5. The van der Waals surface area contributed by atoms with Gasteiger partial charge in [0.15, 0.2) is 0 Å². The van der Waals surface area contributed by atoms with Gasteiger partial charge in [0, 0.05) is 11.5 Å². The normalized spacial score (nSPS) is 11.4. The van der Waals surface area contributed by atoms with Crippen molar-refractivity contribution in [2.24, 2.45) is 0 Å². The van der Waals surface area contributed by atoms with Crippen molar-refractivity contribution in [2.45, 2.75) is 0 Å². The fraction of sp³-hybridized carbons (Fsp3) is 0.0455. The first-order chi connectivity index (χ1) is 12.3. The van der Waals surface area contributed by atoms with E-state index in [4.69, 9.17) is 9.72 Å². The van der Waals surface area contributed by atoms with E-state index in [1.165, 1.54) is 10.9 Å². The maximum absolute atomic E-state index is 5.37. The molecule has 3 aromatic carbocycles. The molecule has 0 aliphatic rings. The summed E-state index contributed by atoms with van der Waals surface area (Å²) in [5, 5.41) is 2.34. The van der Waals surface area contributed by atoms with Crippen LogP contribution in [-0.2, 0) is 0 Å². The van der Waals surface area contributed by atoms with E-state index in [2.05, 4.69) is 65.1 Å². The second kappa shape index (κ2) is 5.35. The molecule has 3 nitrogen and oxygen atoms in total. The summed E-state index contributed by atoms with van der Waals surface area (Å²) in [7, 11) is 1.68. The molecule has 3 heteroatoms. The van der Waals surface area contributed by atoms with Gasteiger partial charge in [-0.15, -0.1) is 0 Å². The molecule has 5 aromatic rings. The first kappa shape index (κ1) is 14.1. The number of benzene rings is 3. The lowest BCUT2D eigenvalue weighted by atomic mass is 10.1. The summed E-state index contributed by atoms with van der Waals surface area (Å²) in [5.74, 6) is 0.821. The van der Waals surface area contributed by atoms with E-state index in [0.717, 1.165) is 33.5 Å². The molecule has 0 aliphatic carbocycles. The maximum atomic E-state index is 5.37. The van der Waals surface area contributed by atoms with Crippen molar-refractivity contribution in [3.05, 3.63) is 78.9 Å². The van der Waals surface area contributed by atoms with E-state index >= 15 is 0 Å². The first-order valence-corrected chi connectivity index (χ1v) is 8.28. The minimum absolute atomic E-state index is 0.821. The lowest BCUT2D eigenvalue weighted by molar-refractivity contribution is 0.415. The molecule has 25 heavy (non-hydrogen) atoms. The van der Waals surface area contributed by atoms with Crippen molar-refractivity contribution >= 4 is 27.5 Å². The van der Waals surface area contributed by atoms with Crippen LogP contribution in [0, 0.1) is 0 Å². The fourth-order valence-electron chi connectivity index (χ4n) is 3.47. The van der Waals surface area contributed by atoms with Crippen molar-refractivity contribution in [3.63, 3.8) is 0 Å². The predicted octanol–water partition coefficient (Wildman–Crippen LogP) is 5.32. The van der Waals surface area contributed by atoms with Crippen molar-refractivity contribution < 1.29 is 4.74 Å². The number of hydrogen-bond acceptors (Lipinski definition) is 2. The molecule has 0 radical (unpaired) electrons. The van der Waals surface area contributed by atoms with Gasteiger partial charge < -0.3 is 4.74 Å². The Morgan fingerprint density at radius 2 is 1.64 bits per heavy atom. The molecule has 0 fully saturated rings. The summed E-state index contributed by atoms with van der Waals surface area (Å²) in [6, 6.07) is 27.1. The standard InChI is InChI=1S/C22H16N2O/c1-25-17-11-12-20-19(14-17)23-22-18-10-6-5-9-16(18)13-21(24(20)22)15-7-3-2-4-8-15/h2-14H,1H3. The number of fused-ring (bicyclic) bond motifs is 5. The molecule has 0 amide bonds. The Bertz CT molecular complexity index is 1220. The van der Waals surface area contributed by atoms with Gasteiger partial charge in [0.1, 0.15) is 11.4 Å². The average molecular weight is 324 g/mol. The highest BCUT2D eigenvalue weighted by Crippen LogP contribution is 2.32. The molecular formula is C22H16N2O. The van der Waals surface area contributed by atoms with Crippen LogP contribution in [0.25, 0.3) is 38.7 Å². The Hall–Kier alpha value is -3.33. The number of methoxy groups -OCH3 is 1. The van der Waals surface area contributed by atoms with Gasteiger partial charge in [0.25, 0.3) is 0 Å². The number of hydrogen-bond donors (Lipinski definition) is 0. The molecule has 0 bridgehead atoms. The minimum atomic E-state index is 0.821. The van der Waals surface area contributed by atoms with E-state index in [1.807, 2.05) is 18.2 Å². The molecule has 2 aromatic heterocycles. The highest BCUT2D eigenvalue weighted by Gasteiger charge is 2.14. The zero-order valence-electron chi connectivity index (χ0n) is 13.8. The largest absolute Gasteiger partial charge is 0.497 e. The Morgan fingerprint density at radius 1 is 0.840 bits per heavy atom. The summed E-state index contributed by atoms with van der Waals surface area (Å²) >= 11 is 0. The molecule has 0 N–H and O–H groups in total. The Labute approximate surface area is 145 Å². The van der Waals surface area contributed by atoms with Crippen molar-refractivity contribution in [3.8, 4) is 17.0 Å². The minimum Gasteiger partial charge on any atom is -0.497 e. The van der Waals surface area contributed by atoms with E-state index in [9.17, 15) is 0 Å². The summed E-state index contributed by atoms with van der Waals surface area (Å²) in [4.78, 5) is 4.92. The third-order valence-electron chi connectivity index (χ3n) is 4.67. The lowest BCUT2D eigenvalue weighted by Gasteiger charge is -2.10. The number of pyridine rings is 1. The van der Waals surface area contributed by atoms with Crippen LogP contribution < -0.4 is 4.74 Å². The van der Waals surface area contributed by atoms with Crippen molar-refractivity contribution in [1.29, 1.82) is 0 Å². The summed E-state index contributed by atoms with van der Waals surface area (Å²) in [5.41, 5.74) is 5.31. The highest BCUT2D eigenvalue weighted by molar-refractivity contribution is 6.01. The summed E-state index contributed by atoms with van der Waals surface area (Å²) < 4.78 is 7.61. The van der Waals surface area contributed by atoms with E-state index in [0.29, 0.717) is 0 Å². The average Bonchev–Trinajstić information content (AvgIpc) is 3.07. The number of ether oxygens (including phenoxy) is 1. The van der Waals surface area contributed by atoms with Crippen LogP contribution in [-0.4, -0.2) is 16.5 Å². The lowest BCUT2D eigenvalue weighted by Crippen LogP contribution is -1.93. The van der Waals surface area contributed by atoms with Crippen LogP contribution in [0.15, 0.2) is 78.9 Å². The molecule has 0 saturated carbocycles. The third kappa shape index (κ3) is 2.09. The molecule has 0 unspecified atom stereocenters. The molecule has 0 atom stereocenters. The predicted molar refractivity (Wildman–Crippen MR) is 102 cm³/mol. The van der Waals surface area contributed by atoms with Gasteiger partial charge in [-0.1, -0.05) is 54.6 Å². The molecular weight excluding hydrogens is 308 g/mol. The van der Waals surface area contributed by atoms with Gasteiger partial charge in [0.2, 0.25) is 0 Å². The Kier molecular flexibility index (Phi) is 3.01. The van der Waals surface area contributed by atoms with E-state index < -0.39 is 0 Å². The van der Waals surface area contributed by atoms with Crippen LogP contribution in [0.4, 0.5) is 0 Å². The first-order valence-electron chi connectivity index (χ1n) is 8.28. The zero-order chi connectivity index (χ0) is 16.8. The molecule has 0 spiro atoms. The number of rotatable bonds is 2. The monoisotopic (exact) mass is 324 g/mol. The van der Waals surface area contributed by atoms with Crippen molar-refractivity contribution in [1.82, 2.24) is 9.38 Å². The van der Waals surface area contributed by atoms with E-state index in [1.54, 1.807) is 7.11 Å². The second-order valence-electron chi connectivity index (χ2n) is 6.11. The number of nitrogens with zero attached hydrogens (tertiary/aromatic N) is 2. The Balaban J connectivity index is 2.00. The maximum Gasteiger partial charge on any atom is 0.146 e. The zero-order valence-corrected chi connectivity index (χ0v) is 13.8. The van der Waals surface area contributed by atoms with Crippen LogP contribution >= 0.6 is 0 Å². The van der Waals surface area contributed by atoms with Gasteiger partial charge in [-0.2, -0.15) is 0 Å². The topological polar surface area (TPSA) is 26.5 Å². The van der Waals surface area contributed by atoms with Crippen molar-refractivity contribution in [2.75, 3.05) is 7.11 Å². The van der Waals surface area contributed by atoms with Gasteiger partial charge in [-0.05, 0) is 29.1 Å². The molecule has 120 valence electrons. The quantitative estimate of drug-likeness (QED) is 0.439. The Morgan fingerprint density at radius 3 is 2.48 bits per heavy atom. The fourth-order valence-corrected chi connectivity index (χ4v) is 3.47. The molecule has 5 rings (SSSR count). The smallest absolute Gasteiger partial charge is 0.146 e. The van der Waals surface area contributed by atoms with Crippen LogP contribution in [0.2, 0.25) is 0 Å². The number of aromatic nitrogens is 2. The van der Waals surface area contributed by atoms with Gasteiger partial charge >= 0.3 is 0 Å². The SMILES string of the molecule is COc1ccc2c(c1)nc1c3ccccc3cc(-c3ccccc3)n21. The van der Waals surface area contributed by atoms with Gasteiger partial charge in [-0.25, -0.2) is 4.98 Å². The molecule has 0 saturated heterocycles. The summed E-state index contributed by atoms with van der Waals surface area (Å²) in [6.07, 6.45) is 0. The van der Waals surface area contributed by atoms with Gasteiger partial charge in [-0.3, -0.25) is 4.40 Å². The van der Waals surface area contributed by atoms with Crippen LogP contribution in [0.5, 0.6) is 5.75 Å². The second-order valence-corrected chi connectivity index (χ2v) is 6.11. The van der Waals surface area contributed by atoms with Crippen LogP contribution in [0.1, 0.15) is 0 Å². The van der Waals surface area contributed by atoms with Gasteiger partial charge in [0.05, 0.1) is 23.8 Å². The third-order valence-corrected chi connectivity index (χ3v) is 4.67. The molecule has 2 heterocycles. The van der Waals surface area contributed by atoms with E-state index in [-0.39, 0.29) is 0 Å². The summed E-state index contributed by atoms with van der Waals surface area (Å²) in [6.45, 7) is 0.